The number of likely N-dealkylation sites (tertiary alicyclic amines) is 1. The highest BCUT2D eigenvalue weighted by Gasteiger charge is 2.45. The molecule has 1 N–H and O–H groups in total. The lowest BCUT2D eigenvalue weighted by Gasteiger charge is -2.42. The van der Waals surface area contributed by atoms with Crippen LogP contribution in [0.3, 0.4) is 0 Å². The van der Waals surface area contributed by atoms with Crippen molar-refractivity contribution in [2.24, 2.45) is 0 Å². The molecule has 0 aromatic carbocycles. The van der Waals surface area contributed by atoms with Crippen molar-refractivity contribution >= 4 is 11.8 Å². The molecule has 1 aliphatic rings. The summed E-state index contributed by atoms with van der Waals surface area (Å²) in [5, 5.41) is 9.30. The van der Waals surface area contributed by atoms with Crippen LogP contribution in [0.25, 0.3) is 0 Å². The number of carbonyl (C=O) groups excluding carboxylic acids is 2. The summed E-state index contributed by atoms with van der Waals surface area (Å²) < 4.78 is 40.5. The Bertz CT molecular complexity index is 776. The molecule has 146 valence electrons. The molecule has 3 rings (SSSR count). The van der Waals surface area contributed by atoms with Crippen LogP contribution in [0.4, 0.5) is 13.2 Å². The van der Waals surface area contributed by atoms with E-state index in [1.807, 2.05) is 5.32 Å². The zero-order chi connectivity index (χ0) is 19.5. The van der Waals surface area contributed by atoms with Crippen LogP contribution in [0.15, 0.2) is 31.1 Å². The first kappa shape index (κ1) is 18.9. The number of carbonyl (C=O) groups is 2. The van der Waals surface area contributed by atoms with Gasteiger partial charge in [-0.05, 0) is 12.8 Å². The second-order valence-electron chi connectivity index (χ2n) is 6.32. The molecular weight excluding hydrogens is 367 g/mol. The summed E-state index contributed by atoms with van der Waals surface area (Å²) in [6.45, 7) is -1.16. The molecule has 0 spiro atoms. The summed E-state index contributed by atoms with van der Waals surface area (Å²) >= 11 is 0. The quantitative estimate of drug-likeness (QED) is 0.791. The fourth-order valence-corrected chi connectivity index (χ4v) is 3.18. The van der Waals surface area contributed by atoms with E-state index in [4.69, 9.17) is 0 Å². The van der Waals surface area contributed by atoms with Crippen molar-refractivity contribution in [2.75, 3.05) is 19.6 Å². The van der Waals surface area contributed by atoms with E-state index in [1.165, 1.54) is 45.3 Å². The molecule has 0 radical (unpaired) electrons. The van der Waals surface area contributed by atoms with Gasteiger partial charge in [-0.2, -0.15) is 13.2 Å². The average molecular weight is 385 g/mol. The SMILES string of the molecule is O=C(Cn1ccnn1)N1CCCC(C(=O)NCC(F)(F)F)(n2ccnc2)C1. The second kappa shape index (κ2) is 7.37. The van der Waals surface area contributed by atoms with Gasteiger partial charge in [0, 0.05) is 25.1 Å². The number of alkyl halides is 3. The normalized spacial score (nSPS) is 20.5. The Labute approximate surface area is 152 Å². The number of hydrogen-bond donors (Lipinski definition) is 1. The van der Waals surface area contributed by atoms with Crippen LogP contribution >= 0.6 is 0 Å². The highest BCUT2D eigenvalue weighted by Crippen LogP contribution is 2.30. The number of halogens is 3. The van der Waals surface area contributed by atoms with Crippen LogP contribution in [0.2, 0.25) is 0 Å². The smallest absolute Gasteiger partial charge is 0.345 e. The summed E-state index contributed by atoms with van der Waals surface area (Å²) in [6, 6.07) is 0. The maximum atomic E-state index is 12.7. The third kappa shape index (κ3) is 4.26. The molecule has 12 heteroatoms. The Balaban J connectivity index is 1.80. The maximum absolute atomic E-state index is 12.7. The van der Waals surface area contributed by atoms with Crippen molar-refractivity contribution in [2.45, 2.75) is 31.1 Å². The van der Waals surface area contributed by atoms with Crippen molar-refractivity contribution in [3.05, 3.63) is 31.1 Å². The number of rotatable bonds is 5. The van der Waals surface area contributed by atoms with Crippen LogP contribution < -0.4 is 5.32 Å². The number of aromatic nitrogens is 5. The third-order valence-electron chi connectivity index (χ3n) is 4.46. The zero-order valence-corrected chi connectivity index (χ0v) is 14.3. The van der Waals surface area contributed by atoms with Crippen molar-refractivity contribution in [1.82, 2.24) is 34.8 Å². The summed E-state index contributed by atoms with van der Waals surface area (Å²) in [4.78, 5) is 30.6. The molecule has 1 fully saturated rings. The lowest BCUT2D eigenvalue weighted by atomic mass is 9.87. The molecule has 1 atom stereocenters. The minimum Gasteiger partial charge on any atom is -0.345 e. The van der Waals surface area contributed by atoms with Crippen LogP contribution in [-0.4, -0.2) is 67.1 Å². The van der Waals surface area contributed by atoms with Crippen LogP contribution in [0.1, 0.15) is 12.8 Å². The van der Waals surface area contributed by atoms with Crippen molar-refractivity contribution < 1.29 is 22.8 Å². The molecule has 2 aromatic rings. The molecular formula is C15H18F3N7O2. The van der Waals surface area contributed by atoms with E-state index in [2.05, 4.69) is 15.3 Å². The highest BCUT2D eigenvalue weighted by atomic mass is 19.4. The molecule has 0 bridgehead atoms. The van der Waals surface area contributed by atoms with Gasteiger partial charge in [0.15, 0.2) is 0 Å². The molecule has 2 aromatic heterocycles. The van der Waals surface area contributed by atoms with Gasteiger partial charge in [0.05, 0.1) is 19.1 Å². The Morgan fingerprint density at radius 3 is 2.67 bits per heavy atom. The third-order valence-corrected chi connectivity index (χ3v) is 4.46. The van der Waals surface area contributed by atoms with Crippen molar-refractivity contribution in [1.29, 1.82) is 0 Å². The standard InChI is InChI=1S/C15H18F3N7O2/c16-15(17,18)9-20-13(27)14(24-6-3-19-11-24)2-1-5-23(10-14)12(26)8-25-7-4-21-22-25/h3-4,6-7,11H,1-2,5,8-10H2,(H,20,27). The van der Waals surface area contributed by atoms with Gasteiger partial charge in [-0.1, -0.05) is 5.21 Å². The van der Waals surface area contributed by atoms with E-state index >= 15 is 0 Å². The molecule has 1 saturated heterocycles. The van der Waals surface area contributed by atoms with E-state index in [0.717, 1.165) is 0 Å². The summed E-state index contributed by atoms with van der Waals surface area (Å²) in [5.74, 6) is -1.09. The molecule has 1 aliphatic heterocycles. The fraction of sp³-hybridized carbons (Fsp3) is 0.533. The molecule has 27 heavy (non-hydrogen) atoms. The molecule has 9 nitrogen and oxygen atoms in total. The van der Waals surface area contributed by atoms with E-state index in [9.17, 15) is 22.8 Å². The second-order valence-corrected chi connectivity index (χ2v) is 6.32. The maximum Gasteiger partial charge on any atom is 0.405 e. The largest absolute Gasteiger partial charge is 0.405 e. The van der Waals surface area contributed by atoms with Crippen molar-refractivity contribution in [3.8, 4) is 0 Å². The fourth-order valence-electron chi connectivity index (χ4n) is 3.18. The summed E-state index contributed by atoms with van der Waals surface area (Å²) in [6.07, 6.45) is 3.51. The van der Waals surface area contributed by atoms with E-state index in [1.54, 1.807) is 0 Å². The van der Waals surface area contributed by atoms with E-state index < -0.39 is 24.2 Å². The first-order valence-electron chi connectivity index (χ1n) is 8.25. The minimum atomic E-state index is -4.52. The Hall–Kier alpha value is -2.92. The Morgan fingerprint density at radius 2 is 2.04 bits per heavy atom. The van der Waals surface area contributed by atoms with E-state index in [-0.39, 0.29) is 19.0 Å². The number of amides is 2. The van der Waals surface area contributed by atoms with Gasteiger partial charge < -0.3 is 14.8 Å². The number of nitrogens with one attached hydrogen (secondary N) is 1. The van der Waals surface area contributed by atoms with Gasteiger partial charge in [0.1, 0.15) is 18.6 Å². The molecule has 0 aliphatic carbocycles. The van der Waals surface area contributed by atoms with Gasteiger partial charge in [-0.15, -0.1) is 5.10 Å². The lowest BCUT2D eigenvalue weighted by molar-refractivity contribution is -0.148. The Morgan fingerprint density at radius 1 is 1.22 bits per heavy atom. The number of imidazole rings is 1. The molecule has 2 amide bonds. The van der Waals surface area contributed by atoms with Gasteiger partial charge in [-0.3, -0.25) is 9.59 Å². The van der Waals surface area contributed by atoms with Crippen molar-refractivity contribution in [3.63, 3.8) is 0 Å². The zero-order valence-electron chi connectivity index (χ0n) is 14.3. The summed E-state index contributed by atoms with van der Waals surface area (Å²) in [7, 11) is 0. The average Bonchev–Trinajstić information content (AvgIpc) is 3.33. The predicted octanol–water partition coefficient (Wildman–Crippen LogP) is 0.171. The van der Waals surface area contributed by atoms with Crippen LogP contribution in [0.5, 0.6) is 0 Å². The molecule has 0 saturated carbocycles. The van der Waals surface area contributed by atoms with Crippen LogP contribution in [0, 0.1) is 0 Å². The number of hydrogen-bond acceptors (Lipinski definition) is 5. The van der Waals surface area contributed by atoms with Gasteiger partial charge in [0.2, 0.25) is 11.8 Å². The first-order valence-corrected chi connectivity index (χ1v) is 8.25. The predicted molar refractivity (Wildman–Crippen MR) is 85.1 cm³/mol. The first-order chi connectivity index (χ1) is 12.8. The van der Waals surface area contributed by atoms with Gasteiger partial charge in [0.25, 0.3) is 0 Å². The van der Waals surface area contributed by atoms with Gasteiger partial charge >= 0.3 is 6.18 Å². The molecule has 1 unspecified atom stereocenters. The summed E-state index contributed by atoms with van der Waals surface area (Å²) in [5.41, 5.74) is -1.35. The number of nitrogens with zero attached hydrogens (tertiary/aromatic N) is 6. The monoisotopic (exact) mass is 385 g/mol. The van der Waals surface area contributed by atoms with Crippen LogP contribution in [-0.2, 0) is 21.7 Å². The Kier molecular flexibility index (Phi) is 5.15. The van der Waals surface area contributed by atoms with Gasteiger partial charge in [-0.25, -0.2) is 9.67 Å². The molecule has 3 heterocycles. The minimum absolute atomic E-state index is 0.0550. The van der Waals surface area contributed by atoms with E-state index in [0.29, 0.717) is 19.4 Å². The lowest BCUT2D eigenvalue weighted by Crippen LogP contribution is -2.60. The highest BCUT2D eigenvalue weighted by molar-refractivity contribution is 5.86. The number of piperidine rings is 1. The topological polar surface area (TPSA) is 97.9 Å².